The van der Waals surface area contributed by atoms with Gasteiger partial charge in [0.15, 0.2) is 0 Å². The average Bonchev–Trinajstić information content (AvgIpc) is 3.22. The van der Waals surface area contributed by atoms with E-state index in [4.69, 9.17) is 0 Å². The second-order valence-corrected chi connectivity index (χ2v) is 6.76. The summed E-state index contributed by atoms with van der Waals surface area (Å²) in [4.78, 5) is 20.1. The van der Waals surface area contributed by atoms with Crippen molar-refractivity contribution in [3.8, 4) is 5.75 Å². The zero-order valence-electron chi connectivity index (χ0n) is 11.5. The minimum atomic E-state index is -0.0212. The summed E-state index contributed by atoms with van der Waals surface area (Å²) in [5.74, 6) is 0.608. The third-order valence-electron chi connectivity index (χ3n) is 4.31. The van der Waals surface area contributed by atoms with Crippen molar-refractivity contribution < 1.29 is 9.90 Å². The van der Waals surface area contributed by atoms with E-state index in [0.717, 1.165) is 13.0 Å². The van der Waals surface area contributed by atoms with Gasteiger partial charge in [-0.05, 0) is 48.3 Å². The molecule has 2 aromatic heterocycles. The van der Waals surface area contributed by atoms with Crippen LogP contribution < -0.4 is 0 Å². The van der Waals surface area contributed by atoms with Gasteiger partial charge in [0.25, 0.3) is 5.91 Å². The minimum Gasteiger partial charge on any atom is -0.506 e. The maximum absolute atomic E-state index is 12.8. The summed E-state index contributed by atoms with van der Waals surface area (Å²) in [5.41, 5.74) is 1.80. The number of aromatic hydroxyl groups is 1. The topological polar surface area (TPSA) is 53.4 Å². The number of carbonyl (C=O) groups excluding carboxylic acids is 1. The molecule has 1 atom stereocenters. The highest BCUT2D eigenvalue weighted by Crippen LogP contribution is 2.48. The fourth-order valence-corrected chi connectivity index (χ4v) is 4.12. The van der Waals surface area contributed by atoms with E-state index in [-0.39, 0.29) is 17.7 Å². The van der Waals surface area contributed by atoms with Crippen molar-refractivity contribution in [3.05, 3.63) is 45.9 Å². The Morgan fingerprint density at radius 3 is 3.00 bits per heavy atom. The van der Waals surface area contributed by atoms with Gasteiger partial charge in [-0.1, -0.05) is 0 Å². The van der Waals surface area contributed by atoms with Gasteiger partial charge in [0.2, 0.25) is 0 Å². The van der Waals surface area contributed by atoms with Gasteiger partial charge >= 0.3 is 0 Å². The third kappa shape index (κ3) is 2.21. The van der Waals surface area contributed by atoms with E-state index in [2.05, 4.69) is 16.4 Å². The van der Waals surface area contributed by atoms with E-state index in [1.165, 1.54) is 41.7 Å². The van der Waals surface area contributed by atoms with Crippen LogP contribution >= 0.6 is 11.3 Å². The first-order valence-electron chi connectivity index (χ1n) is 7.25. The Hall–Kier alpha value is -1.88. The summed E-state index contributed by atoms with van der Waals surface area (Å²) in [6.45, 7) is 0.753. The molecule has 1 amide bonds. The van der Waals surface area contributed by atoms with E-state index in [1.54, 1.807) is 11.3 Å². The molecule has 1 aliphatic heterocycles. The molecule has 21 heavy (non-hydrogen) atoms. The molecule has 1 fully saturated rings. The molecule has 0 aromatic carbocycles. The summed E-state index contributed by atoms with van der Waals surface area (Å²) >= 11 is 1.80. The molecule has 1 aliphatic carbocycles. The lowest BCUT2D eigenvalue weighted by Gasteiger charge is -2.36. The predicted molar refractivity (Wildman–Crippen MR) is 80.4 cm³/mol. The van der Waals surface area contributed by atoms with E-state index in [1.807, 2.05) is 4.90 Å². The number of aromatic nitrogens is 1. The number of fused-ring (bicyclic) bond motifs is 1. The van der Waals surface area contributed by atoms with Crippen LogP contribution in [0.3, 0.4) is 0 Å². The number of rotatable bonds is 2. The van der Waals surface area contributed by atoms with Crippen LogP contribution in [0.15, 0.2) is 29.9 Å². The van der Waals surface area contributed by atoms with Gasteiger partial charge in [-0.3, -0.25) is 9.78 Å². The van der Waals surface area contributed by atoms with Gasteiger partial charge in [0.1, 0.15) is 5.75 Å². The monoisotopic (exact) mass is 300 g/mol. The Morgan fingerprint density at radius 1 is 1.38 bits per heavy atom. The molecule has 3 heterocycles. The fourth-order valence-electron chi connectivity index (χ4n) is 3.21. The van der Waals surface area contributed by atoms with Gasteiger partial charge in [0.05, 0.1) is 17.8 Å². The van der Waals surface area contributed by atoms with E-state index in [0.29, 0.717) is 11.5 Å². The van der Waals surface area contributed by atoms with Gasteiger partial charge in [-0.15, -0.1) is 11.3 Å². The second kappa shape index (κ2) is 4.84. The highest BCUT2D eigenvalue weighted by Gasteiger charge is 2.42. The van der Waals surface area contributed by atoms with Crippen LogP contribution in [-0.2, 0) is 6.42 Å². The Morgan fingerprint density at radius 2 is 2.24 bits per heavy atom. The number of carbonyl (C=O) groups is 1. The predicted octanol–water partition coefficient (Wildman–Crippen LogP) is 3.00. The minimum absolute atomic E-state index is 0.0212. The van der Waals surface area contributed by atoms with Gasteiger partial charge in [-0.25, -0.2) is 0 Å². The molecule has 2 aliphatic rings. The average molecular weight is 300 g/mol. The molecule has 0 bridgehead atoms. The van der Waals surface area contributed by atoms with Crippen LogP contribution in [0.1, 0.15) is 39.7 Å². The summed E-state index contributed by atoms with van der Waals surface area (Å²) in [6.07, 6.45) is 6.20. The molecular weight excluding hydrogens is 284 g/mol. The summed E-state index contributed by atoms with van der Waals surface area (Å²) in [5, 5.41) is 11.7. The number of hydrogen-bond acceptors (Lipinski definition) is 4. The summed E-state index contributed by atoms with van der Waals surface area (Å²) in [7, 11) is 0. The molecule has 5 heteroatoms. The smallest absolute Gasteiger partial charge is 0.256 e. The van der Waals surface area contributed by atoms with Crippen LogP contribution in [0.5, 0.6) is 5.75 Å². The molecule has 108 valence electrons. The summed E-state index contributed by atoms with van der Waals surface area (Å²) in [6, 6.07) is 3.88. The van der Waals surface area contributed by atoms with Crippen molar-refractivity contribution in [3.63, 3.8) is 0 Å². The number of amides is 1. The van der Waals surface area contributed by atoms with Gasteiger partial charge < -0.3 is 10.0 Å². The van der Waals surface area contributed by atoms with Crippen molar-refractivity contribution >= 4 is 17.2 Å². The molecule has 0 saturated heterocycles. The number of nitrogens with zero attached hydrogens (tertiary/aromatic N) is 2. The van der Waals surface area contributed by atoms with Crippen LogP contribution in [0, 0.1) is 5.92 Å². The van der Waals surface area contributed by atoms with Crippen molar-refractivity contribution in [1.82, 2.24) is 9.88 Å². The third-order valence-corrected chi connectivity index (χ3v) is 5.31. The normalized spacial score (nSPS) is 21.1. The lowest BCUT2D eigenvalue weighted by atomic mass is 9.95. The van der Waals surface area contributed by atoms with Crippen LogP contribution in [0.4, 0.5) is 0 Å². The Bertz CT molecular complexity index is 693. The number of thiophene rings is 1. The largest absolute Gasteiger partial charge is 0.506 e. The van der Waals surface area contributed by atoms with E-state index in [9.17, 15) is 9.90 Å². The van der Waals surface area contributed by atoms with Crippen molar-refractivity contribution in [2.75, 3.05) is 6.54 Å². The number of pyridine rings is 1. The SMILES string of the molecule is O=C(c1cncc(O)c1)N1CCc2sccc2C1C1CC1. The molecular formula is C16H16N2O2S. The number of hydrogen-bond donors (Lipinski definition) is 1. The van der Waals surface area contributed by atoms with Gasteiger partial charge in [0, 0.05) is 17.6 Å². The lowest BCUT2D eigenvalue weighted by Crippen LogP contribution is -2.40. The highest BCUT2D eigenvalue weighted by molar-refractivity contribution is 7.10. The Labute approximate surface area is 127 Å². The fraction of sp³-hybridized carbons (Fsp3) is 0.375. The molecule has 1 N–H and O–H groups in total. The highest BCUT2D eigenvalue weighted by atomic mass is 32.1. The zero-order valence-corrected chi connectivity index (χ0v) is 12.3. The van der Waals surface area contributed by atoms with E-state index < -0.39 is 0 Å². The molecule has 1 unspecified atom stereocenters. The lowest BCUT2D eigenvalue weighted by molar-refractivity contribution is 0.0636. The molecule has 1 saturated carbocycles. The standard InChI is InChI=1S/C16H16N2O2S/c19-12-7-11(8-17-9-12)16(20)18-5-3-14-13(4-6-21-14)15(18)10-1-2-10/h4,6-10,15,19H,1-3,5H2. The molecule has 2 aromatic rings. The zero-order chi connectivity index (χ0) is 14.4. The van der Waals surface area contributed by atoms with Crippen LogP contribution in [0.25, 0.3) is 0 Å². The summed E-state index contributed by atoms with van der Waals surface area (Å²) < 4.78 is 0. The molecule has 4 nitrogen and oxygen atoms in total. The molecule has 0 radical (unpaired) electrons. The van der Waals surface area contributed by atoms with Crippen molar-refractivity contribution in [2.45, 2.75) is 25.3 Å². The second-order valence-electron chi connectivity index (χ2n) is 5.76. The van der Waals surface area contributed by atoms with Crippen molar-refractivity contribution in [1.29, 1.82) is 0 Å². The van der Waals surface area contributed by atoms with Gasteiger partial charge in [-0.2, -0.15) is 0 Å². The Balaban J connectivity index is 1.69. The molecule has 4 rings (SSSR count). The first-order chi connectivity index (χ1) is 10.2. The Kier molecular flexibility index (Phi) is 2.96. The van der Waals surface area contributed by atoms with E-state index >= 15 is 0 Å². The maximum Gasteiger partial charge on any atom is 0.256 e. The van der Waals surface area contributed by atoms with Crippen LogP contribution in [0.2, 0.25) is 0 Å². The van der Waals surface area contributed by atoms with Crippen molar-refractivity contribution in [2.24, 2.45) is 5.92 Å². The molecule has 0 spiro atoms. The van der Waals surface area contributed by atoms with Crippen LogP contribution in [-0.4, -0.2) is 27.4 Å². The first kappa shape index (κ1) is 12.8. The quantitative estimate of drug-likeness (QED) is 0.927. The first-order valence-corrected chi connectivity index (χ1v) is 8.13. The maximum atomic E-state index is 12.8.